The summed E-state index contributed by atoms with van der Waals surface area (Å²) in [5, 5.41) is 0. The van der Waals surface area contributed by atoms with Crippen LogP contribution in [-0.2, 0) is 11.3 Å². The van der Waals surface area contributed by atoms with Crippen LogP contribution in [-0.4, -0.2) is 30.4 Å². The van der Waals surface area contributed by atoms with Crippen molar-refractivity contribution in [2.45, 2.75) is 24.8 Å². The Hall–Kier alpha value is -2.25. The zero-order valence-electron chi connectivity index (χ0n) is 15.6. The lowest BCUT2D eigenvalue weighted by Crippen LogP contribution is -2.17. The number of fused-ring (bicyclic) bond motifs is 1. The Bertz CT molecular complexity index is 994. The molecule has 1 aromatic heterocycles. The van der Waals surface area contributed by atoms with Gasteiger partial charge in [0.2, 0.25) is 0 Å². The molecular weight excluding hydrogens is 380 g/mol. The van der Waals surface area contributed by atoms with Crippen LogP contribution >= 0.6 is 23.1 Å². The van der Waals surface area contributed by atoms with E-state index in [4.69, 9.17) is 9.47 Å². The standard InChI is InChI=1S/C20H22N2O3S2/c1-4-12-22-18-15(24-2)10-11-16(25-3)19(18)27-20(22)21-17(23)13-26-14-8-6-5-7-9-14/h5-11H,4,12-13H2,1-3H3. The average Bonchev–Trinajstić information content (AvgIpc) is 3.05. The molecule has 27 heavy (non-hydrogen) atoms. The van der Waals surface area contributed by atoms with E-state index >= 15 is 0 Å². The van der Waals surface area contributed by atoms with Gasteiger partial charge >= 0.3 is 0 Å². The van der Waals surface area contributed by atoms with Crippen LogP contribution in [0.2, 0.25) is 0 Å². The lowest BCUT2D eigenvalue weighted by atomic mass is 10.3. The Morgan fingerprint density at radius 2 is 1.81 bits per heavy atom. The van der Waals surface area contributed by atoms with Gasteiger partial charge in [0.05, 0.1) is 20.0 Å². The number of carbonyl (C=O) groups excluding carboxylic acids is 1. The molecule has 5 nitrogen and oxygen atoms in total. The maximum atomic E-state index is 12.5. The van der Waals surface area contributed by atoms with E-state index in [-0.39, 0.29) is 5.91 Å². The molecule has 0 bridgehead atoms. The van der Waals surface area contributed by atoms with Gasteiger partial charge in [0.1, 0.15) is 21.7 Å². The second kappa shape index (κ2) is 9.10. The van der Waals surface area contributed by atoms with Gasteiger partial charge in [-0.25, -0.2) is 0 Å². The minimum Gasteiger partial charge on any atom is -0.495 e. The molecule has 0 atom stereocenters. The van der Waals surface area contributed by atoms with Gasteiger partial charge in [-0.3, -0.25) is 4.79 Å². The van der Waals surface area contributed by atoms with Gasteiger partial charge in [-0.1, -0.05) is 36.5 Å². The maximum Gasteiger partial charge on any atom is 0.258 e. The van der Waals surface area contributed by atoms with Gasteiger partial charge in [0, 0.05) is 11.4 Å². The van der Waals surface area contributed by atoms with Gasteiger partial charge in [0.25, 0.3) is 5.91 Å². The summed E-state index contributed by atoms with van der Waals surface area (Å²) in [4.78, 5) is 18.6. The van der Waals surface area contributed by atoms with Gasteiger partial charge in [-0.15, -0.1) is 11.8 Å². The molecule has 0 aliphatic heterocycles. The number of aryl methyl sites for hydroxylation is 1. The highest BCUT2D eigenvalue weighted by Gasteiger charge is 2.16. The Balaban J connectivity index is 2.00. The molecule has 0 aliphatic carbocycles. The first-order chi connectivity index (χ1) is 13.2. The van der Waals surface area contributed by atoms with Gasteiger partial charge in [-0.05, 0) is 30.7 Å². The molecule has 0 radical (unpaired) electrons. The predicted octanol–water partition coefficient (Wildman–Crippen LogP) is 4.35. The van der Waals surface area contributed by atoms with Crippen LogP contribution in [0.15, 0.2) is 52.4 Å². The molecular formula is C20H22N2O3S2. The fourth-order valence-corrected chi connectivity index (χ4v) is 4.66. The van der Waals surface area contributed by atoms with E-state index in [1.54, 1.807) is 14.2 Å². The fourth-order valence-electron chi connectivity index (χ4n) is 2.77. The Morgan fingerprint density at radius 3 is 2.48 bits per heavy atom. The molecule has 0 saturated heterocycles. The first-order valence-electron chi connectivity index (χ1n) is 8.67. The van der Waals surface area contributed by atoms with E-state index in [2.05, 4.69) is 11.9 Å². The monoisotopic (exact) mass is 402 g/mol. The summed E-state index contributed by atoms with van der Waals surface area (Å²) in [6.45, 7) is 2.85. The lowest BCUT2D eigenvalue weighted by molar-refractivity contribution is -0.115. The number of amides is 1. The second-order valence-corrected chi connectivity index (χ2v) is 7.82. The average molecular weight is 403 g/mol. The second-order valence-electron chi connectivity index (χ2n) is 5.79. The molecule has 2 aromatic carbocycles. The van der Waals surface area contributed by atoms with Gasteiger partial charge in [-0.2, -0.15) is 4.99 Å². The van der Waals surface area contributed by atoms with Crippen molar-refractivity contribution in [1.29, 1.82) is 0 Å². The number of hydrogen-bond donors (Lipinski definition) is 0. The molecule has 0 unspecified atom stereocenters. The Labute approximate surface area is 166 Å². The van der Waals surface area contributed by atoms with Crippen LogP contribution in [0.1, 0.15) is 13.3 Å². The Kier molecular flexibility index (Phi) is 6.58. The van der Waals surface area contributed by atoms with Crippen molar-refractivity contribution < 1.29 is 14.3 Å². The van der Waals surface area contributed by atoms with Crippen molar-refractivity contribution >= 4 is 39.2 Å². The van der Waals surface area contributed by atoms with Gasteiger partial charge in [0.15, 0.2) is 4.80 Å². The summed E-state index contributed by atoms with van der Waals surface area (Å²) in [5.74, 6) is 1.66. The number of nitrogens with zero attached hydrogens (tertiary/aromatic N) is 2. The highest BCUT2D eigenvalue weighted by molar-refractivity contribution is 8.00. The van der Waals surface area contributed by atoms with Crippen LogP contribution in [0.4, 0.5) is 0 Å². The number of thiazole rings is 1. The number of rotatable bonds is 7. The zero-order chi connectivity index (χ0) is 19.2. The molecule has 0 spiro atoms. The fraction of sp³-hybridized carbons (Fsp3) is 0.300. The largest absolute Gasteiger partial charge is 0.495 e. The SMILES string of the molecule is CCCn1c(=NC(=O)CSc2ccccc2)sc2c(OC)ccc(OC)c21. The molecule has 1 heterocycles. The Morgan fingerprint density at radius 1 is 1.11 bits per heavy atom. The van der Waals surface area contributed by atoms with E-state index in [0.717, 1.165) is 39.6 Å². The first kappa shape index (κ1) is 19.5. The van der Waals surface area contributed by atoms with Crippen molar-refractivity contribution in [3.05, 3.63) is 47.3 Å². The zero-order valence-corrected chi connectivity index (χ0v) is 17.2. The van der Waals surface area contributed by atoms with Crippen molar-refractivity contribution in [2.24, 2.45) is 4.99 Å². The summed E-state index contributed by atoms with van der Waals surface area (Å²) in [6.07, 6.45) is 0.923. The van der Waals surface area contributed by atoms with E-state index in [9.17, 15) is 4.79 Å². The normalized spacial score (nSPS) is 11.7. The van der Waals surface area contributed by atoms with E-state index < -0.39 is 0 Å². The smallest absolute Gasteiger partial charge is 0.258 e. The molecule has 0 saturated carbocycles. The van der Waals surface area contributed by atoms with Crippen LogP contribution in [0.5, 0.6) is 11.5 Å². The predicted molar refractivity (Wildman–Crippen MR) is 111 cm³/mol. The summed E-state index contributed by atoms with van der Waals surface area (Å²) in [5.41, 5.74) is 0.922. The molecule has 7 heteroatoms. The van der Waals surface area contributed by atoms with E-state index in [0.29, 0.717) is 10.6 Å². The minimum absolute atomic E-state index is 0.154. The van der Waals surface area contributed by atoms with Crippen molar-refractivity contribution in [2.75, 3.05) is 20.0 Å². The topological polar surface area (TPSA) is 52.8 Å². The highest BCUT2D eigenvalue weighted by Crippen LogP contribution is 2.35. The third kappa shape index (κ3) is 4.36. The van der Waals surface area contributed by atoms with E-state index in [1.165, 1.54) is 23.1 Å². The van der Waals surface area contributed by atoms with Crippen molar-refractivity contribution in [3.8, 4) is 11.5 Å². The number of benzene rings is 2. The third-order valence-corrected chi connectivity index (χ3v) is 6.06. The quantitative estimate of drug-likeness (QED) is 0.552. The first-order valence-corrected chi connectivity index (χ1v) is 10.5. The van der Waals surface area contributed by atoms with Crippen LogP contribution in [0.3, 0.4) is 0 Å². The van der Waals surface area contributed by atoms with Crippen molar-refractivity contribution in [3.63, 3.8) is 0 Å². The molecule has 0 N–H and O–H groups in total. The molecule has 3 rings (SSSR count). The summed E-state index contributed by atoms with van der Waals surface area (Å²) >= 11 is 2.95. The lowest BCUT2D eigenvalue weighted by Gasteiger charge is -2.09. The number of ether oxygens (including phenoxy) is 2. The third-order valence-electron chi connectivity index (χ3n) is 3.97. The van der Waals surface area contributed by atoms with Crippen LogP contribution < -0.4 is 14.3 Å². The summed E-state index contributed by atoms with van der Waals surface area (Å²) < 4.78 is 14.0. The number of aromatic nitrogens is 1. The minimum atomic E-state index is -0.154. The molecule has 0 aliphatic rings. The maximum absolute atomic E-state index is 12.5. The summed E-state index contributed by atoms with van der Waals surface area (Å²) in [6, 6.07) is 13.6. The van der Waals surface area contributed by atoms with Gasteiger partial charge < -0.3 is 14.0 Å². The molecule has 3 aromatic rings. The van der Waals surface area contributed by atoms with Crippen LogP contribution in [0.25, 0.3) is 10.2 Å². The number of thioether (sulfide) groups is 1. The van der Waals surface area contributed by atoms with Crippen LogP contribution in [0, 0.1) is 0 Å². The van der Waals surface area contributed by atoms with Crippen molar-refractivity contribution in [1.82, 2.24) is 4.57 Å². The number of carbonyl (C=O) groups is 1. The number of hydrogen-bond acceptors (Lipinski definition) is 5. The number of methoxy groups -OCH3 is 2. The summed E-state index contributed by atoms with van der Waals surface area (Å²) in [7, 11) is 3.29. The highest BCUT2D eigenvalue weighted by atomic mass is 32.2. The molecule has 142 valence electrons. The molecule has 0 fully saturated rings. The van der Waals surface area contributed by atoms with E-state index in [1.807, 2.05) is 47.0 Å². The molecule has 1 amide bonds.